The third-order valence-electron chi connectivity index (χ3n) is 4.80. The molecule has 0 fully saturated rings. The molecule has 21 heavy (non-hydrogen) atoms. The van der Waals surface area contributed by atoms with Gasteiger partial charge in [0.2, 0.25) is 0 Å². The molecule has 2 aromatic rings. The third kappa shape index (κ3) is 3.14. The highest BCUT2D eigenvalue weighted by molar-refractivity contribution is 6.30. The second-order valence-electron chi connectivity index (χ2n) is 5.98. The number of hydrogen-bond acceptors (Lipinski definition) is 1. The van der Waals surface area contributed by atoms with E-state index in [9.17, 15) is 0 Å². The predicted molar refractivity (Wildman–Crippen MR) is 92.2 cm³/mol. The van der Waals surface area contributed by atoms with Crippen LogP contribution in [0.1, 0.15) is 45.0 Å². The summed E-state index contributed by atoms with van der Waals surface area (Å²) < 4.78 is 0. The number of rotatable bonds is 3. The first kappa shape index (κ1) is 16.1. The Bertz CT molecular complexity index is 627. The van der Waals surface area contributed by atoms with Crippen LogP contribution in [0.2, 0.25) is 5.02 Å². The van der Waals surface area contributed by atoms with E-state index in [-0.39, 0.29) is 6.04 Å². The average Bonchev–Trinajstić information content (AvgIpc) is 2.46. The highest BCUT2D eigenvalue weighted by Crippen LogP contribution is 2.31. The molecule has 0 aromatic heterocycles. The van der Waals surface area contributed by atoms with Crippen molar-refractivity contribution < 1.29 is 0 Å². The van der Waals surface area contributed by atoms with Crippen molar-refractivity contribution in [3.05, 3.63) is 68.2 Å². The summed E-state index contributed by atoms with van der Waals surface area (Å²) in [6.07, 6.45) is 0.834. The van der Waals surface area contributed by atoms with Gasteiger partial charge in [-0.2, -0.15) is 0 Å². The fraction of sp³-hybridized carbons (Fsp3) is 0.368. The molecule has 0 amide bonds. The number of nitrogens with two attached hydrogens (primary N) is 1. The Labute approximate surface area is 133 Å². The molecule has 1 atom stereocenters. The lowest BCUT2D eigenvalue weighted by molar-refractivity contribution is 0.708. The van der Waals surface area contributed by atoms with Gasteiger partial charge in [0.05, 0.1) is 0 Å². The normalized spacial score (nSPS) is 12.5. The van der Waals surface area contributed by atoms with E-state index in [2.05, 4.69) is 46.8 Å². The van der Waals surface area contributed by atoms with Crippen LogP contribution in [0.3, 0.4) is 0 Å². The van der Waals surface area contributed by atoms with Crippen molar-refractivity contribution in [3.8, 4) is 0 Å². The Balaban J connectivity index is 2.39. The van der Waals surface area contributed by atoms with Gasteiger partial charge in [-0.15, -0.1) is 0 Å². The number of benzene rings is 2. The van der Waals surface area contributed by atoms with E-state index in [0.29, 0.717) is 0 Å². The molecule has 0 bridgehead atoms. The van der Waals surface area contributed by atoms with Crippen molar-refractivity contribution in [2.75, 3.05) is 0 Å². The van der Waals surface area contributed by atoms with E-state index in [1.54, 1.807) is 0 Å². The average molecular weight is 302 g/mol. The molecule has 2 aromatic carbocycles. The van der Waals surface area contributed by atoms with Crippen LogP contribution < -0.4 is 5.73 Å². The van der Waals surface area contributed by atoms with Gasteiger partial charge < -0.3 is 5.73 Å². The zero-order chi connectivity index (χ0) is 15.7. The van der Waals surface area contributed by atoms with Crippen LogP contribution in [0.4, 0.5) is 0 Å². The molecule has 0 spiro atoms. The molecule has 0 heterocycles. The number of halogens is 1. The van der Waals surface area contributed by atoms with Crippen molar-refractivity contribution in [1.29, 1.82) is 0 Å². The molecule has 2 heteroatoms. The van der Waals surface area contributed by atoms with E-state index < -0.39 is 0 Å². The molecule has 2 rings (SSSR count). The molecular weight excluding hydrogens is 278 g/mol. The Morgan fingerprint density at radius 1 is 0.810 bits per heavy atom. The zero-order valence-electron chi connectivity index (χ0n) is 13.5. The van der Waals surface area contributed by atoms with Crippen LogP contribution in [0.5, 0.6) is 0 Å². The molecular formula is C19H24ClN. The Morgan fingerprint density at radius 3 is 1.71 bits per heavy atom. The van der Waals surface area contributed by atoms with Gasteiger partial charge in [-0.25, -0.2) is 0 Å². The van der Waals surface area contributed by atoms with Gasteiger partial charge in [0.25, 0.3) is 0 Å². The maximum absolute atomic E-state index is 6.52. The first-order valence-corrected chi connectivity index (χ1v) is 7.77. The SMILES string of the molecule is Cc1c(C)c(C)c(C(N)Cc2ccc(Cl)cc2)c(C)c1C. The molecule has 2 N–H and O–H groups in total. The second kappa shape index (κ2) is 6.21. The van der Waals surface area contributed by atoms with Crippen molar-refractivity contribution in [1.82, 2.24) is 0 Å². The van der Waals surface area contributed by atoms with Crippen molar-refractivity contribution in [2.45, 2.75) is 47.1 Å². The van der Waals surface area contributed by atoms with Crippen LogP contribution in [0.25, 0.3) is 0 Å². The molecule has 0 aliphatic rings. The summed E-state index contributed by atoms with van der Waals surface area (Å²) in [5.74, 6) is 0. The molecule has 1 nitrogen and oxygen atoms in total. The van der Waals surface area contributed by atoms with E-state index in [0.717, 1.165) is 11.4 Å². The molecule has 0 saturated heterocycles. The lowest BCUT2D eigenvalue weighted by Gasteiger charge is -2.23. The van der Waals surface area contributed by atoms with Crippen molar-refractivity contribution in [2.24, 2.45) is 5.73 Å². The monoisotopic (exact) mass is 301 g/mol. The van der Waals surface area contributed by atoms with Gasteiger partial charge in [0, 0.05) is 11.1 Å². The highest BCUT2D eigenvalue weighted by Gasteiger charge is 2.17. The fourth-order valence-electron chi connectivity index (χ4n) is 3.06. The van der Waals surface area contributed by atoms with Crippen LogP contribution in [0.15, 0.2) is 24.3 Å². The van der Waals surface area contributed by atoms with E-state index in [1.807, 2.05) is 12.1 Å². The summed E-state index contributed by atoms with van der Waals surface area (Å²) in [5, 5.41) is 0.765. The lowest BCUT2D eigenvalue weighted by atomic mass is 9.85. The van der Waals surface area contributed by atoms with Gasteiger partial charge in [-0.1, -0.05) is 23.7 Å². The van der Waals surface area contributed by atoms with Gasteiger partial charge in [-0.3, -0.25) is 0 Å². The maximum atomic E-state index is 6.52. The molecule has 0 aliphatic carbocycles. The Hall–Kier alpha value is -1.31. The summed E-state index contributed by atoms with van der Waals surface area (Å²) in [4.78, 5) is 0. The fourth-order valence-corrected chi connectivity index (χ4v) is 3.19. The maximum Gasteiger partial charge on any atom is 0.0406 e. The number of hydrogen-bond donors (Lipinski definition) is 1. The lowest BCUT2D eigenvalue weighted by Crippen LogP contribution is -2.18. The summed E-state index contributed by atoms with van der Waals surface area (Å²) in [6, 6.07) is 7.98. The summed E-state index contributed by atoms with van der Waals surface area (Å²) >= 11 is 5.94. The first-order chi connectivity index (χ1) is 9.82. The van der Waals surface area contributed by atoms with E-state index >= 15 is 0 Å². The summed E-state index contributed by atoms with van der Waals surface area (Å²) in [6.45, 7) is 10.9. The van der Waals surface area contributed by atoms with Crippen molar-refractivity contribution >= 4 is 11.6 Å². The second-order valence-corrected chi connectivity index (χ2v) is 6.41. The third-order valence-corrected chi connectivity index (χ3v) is 5.05. The standard InChI is InChI=1S/C19H24ClN/c1-11-12(2)14(4)19(15(5)13(11)3)18(21)10-16-6-8-17(20)9-7-16/h6-9,18H,10,21H2,1-5H3. The largest absolute Gasteiger partial charge is 0.324 e. The smallest absolute Gasteiger partial charge is 0.0406 e. The molecule has 0 saturated carbocycles. The minimum Gasteiger partial charge on any atom is -0.324 e. The molecule has 0 aliphatic heterocycles. The Kier molecular flexibility index (Phi) is 4.75. The Morgan fingerprint density at radius 2 is 1.24 bits per heavy atom. The molecule has 112 valence electrons. The molecule has 0 radical (unpaired) electrons. The van der Waals surface area contributed by atoms with Crippen LogP contribution >= 0.6 is 11.6 Å². The van der Waals surface area contributed by atoms with E-state index in [1.165, 1.54) is 38.9 Å². The van der Waals surface area contributed by atoms with Crippen LogP contribution in [0, 0.1) is 34.6 Å². The highest BCUT2D eigenvalue weighted by atomic mass is 35.5. The minimum atomic E-state index is 0.0178. The minimum absolute atomic E-state index is 0.0178. The van der Waals surface area contributed by atoms with Crippen molar-refractivity contribution in [3.63, 3.8) is 0 Å². The van der Waals surface area contributed by atoms with Gasteiger partial charge in [-0.05, 0) is 92.1 Å². The topological polar surface area (TPSA) is 26.0 Å². The van der Waals surface area contributed by atoms with Gasteiger partial charge >= 0.3 is 0 Å². The summed E-state index contributed by atoms with van der Waals surface area (Å²) in [7, 11) is 0. The van der Waals surface area contributed by atoms with E-state index in [4.69, 9.17) is 17.3 Å². The van der Waals surface area contributed by atoms with Crippen LogP contribution in [-0.4, -0.2) is 0 Å². The first-order valence-electron chi connectivity index (χ1n) is 7.39. The predicted octanol–water partition coefficient (Wildman–Crippen LogP) is 5.12. The zero-order valence-corrected chi connectivity index (χ0v) is 14.3. The van der Waals surface area contributed by atoms with Gasteiger partial charge in [0.15, 0.2) is 0 Å². The summed E-state index contributed by atoms with van der Waals surface area (Å²) in [5.41, 5.74) is 15.8. The van der Waals surface area contributed by atoms with Gasteiger partial charge in [0.1, 0.15) is 0 Å². The quantitative estimate of drug-likeness (QED) is 0.836. The van der Waals surface area contributed by atoms with Crippen LogP contribution in [-0.2, 0) is 6.42 Å². The molecule has 1 unspecified atom stereocenters.